The Morgan fingerprint density at radius 1 is 0.806 bits per heavy atom. The maximum atomic E-state index is 14.3. The summed E-state index contributed by atoms with van der Waals surface area (Å²) in [6.45, 7) is 2.82. The lowest BCUT2D eigenvalue weighted by molar-refractivity contribution is 0.206. The second kappa shape index (κ2) is 8.32. The van der Waals surface area contributed by atoms with Crippen molar-refractivity contribution in [2.24, 2.45) is 0 Å². The molecule has 0 spiro atoms. The standard InChI is InChI=1S/C25H23FN4O/c26-20-7-1-2-9-22(20)29-14-16-30(17-15-29)24(21-8-3-4-12-27-21)19-11-10-18-6-5-13-28-23(18)25(19)31/h1-13,24,31H,14-17H2. The molecule has 6 heteroatoms. The number of anilines is 1. The Kier molecular flexibility index (Phi) is 5.22. The number of hydrogen-bond donors (Lipinski definition) is 1. The predicted octanol–water partition coefficient (Wildman–Crippen LogP) is 4.39. The van der Waals surface area contributed by atoms with Crippen molar-refractivity contribution in [3.05, 3.63) is 96.2 Å². The van der Waals surface area contributed by atoms with Crippen LogP contribution >= 0.6 is 0 Å². The van der Waals surface area contributed by atoms with Crippen molar-refractivity contribution >= 4 is 16.6 Å². The number of fused-ring (bicyclic) bond motifs is 1. The van der Waals surface area contributed by atoms with Gasteiger partial charge in [-0.05, 0) is 30.3 Å². The van der Waals surface area contributed by atoms with Crippen LogP contribution in [0, 0.1) is 5.82 Å². The fraction of sp³-hybridized carbons (Fsp3) is 0.200. The zero-order valence-electron chi connectivity index (χ0n) is 17.0. The van der Waals surface area contributed by atoms with Gasteiger partial charge in [0, 0.05) is 49.5 Å². The Morgan fingerprint density at radius 2 is 1.58 bits per heavy atom. The van der Waals surface area contributed by atoms with Gasteiger partial charge in [-0.25, -0.2) is 4.39 Å². The number of piperazine rings is 1. The number of aromatic hydroxyl groups is 1. The molecule has 0 aliphatic carbocycles. The van der Waals surface area contributed by atoms with Crippen molar-refractivity contribution in [3.8, 4) is 5.75 Å². The summed E-state index contributed by atoms with van der Waals surface area (Å²) >= 11 is 0. The topological polar surface area (TPSA) is 52.5 Å². The van der Waals surface area contributed by atoms with Crippen LogP contribution in [-0.4, -0.2) is 46.2 Å². The van der Waals surface area contributed by atoms with Gasteiger partial charge in [0.05, 0.1) is 17.4 Å². The van der Waals surface area contributed by atoms with Crippen LogP contribution in [0.4, 0.5) is 10.1 Å². The average molecular weight is 414 g/mol. The first-order valence-corrected chi connectivity index (χ1v) is 10.4. The first-order chi connectivity index (χ1) is 15.2. The number of phenols is 1. The van der Waals surface area contributed by atoms with Gasteiger partial charge < -0.3 is 10.0 Å². The van der Waals surface area contributed by atoms with Gasteiger partial charge in [0.25, 0.3) is 0 Å². The molecule has 1 fully saturated rings. The summed E-state index contributed by atoms with van der Waals surface area (Å²) in [6, 6.07) is 20.3. The second-order valence-electron chi connectivity index (χ2n) is 7.71. The van der Waals surface area contributed by atoms with E-state index in [9.17, 15) is 9.50 Å². The molecule has 1 aliphatic heterocycles. The second-order valence-corrected chi connectivity index (χ2v) is 7.71. The van der Waals surface area contributed by atoms with Gasteiger partial charge >= 0.3 is 0 Å². The van der Waals surface area contributed by atoms with E-state index in [1.165, 1.54) is 6.07 Å². The Bertz CT molecular complexity index is 1190. The van der Waals surface area contributed by atoms with Crippen LogP contribution in [0.15, 0.2) is 79.1 Å². The number of hydrogen-bond acceptors (Lipinski definition) is 5. The molecule has 0 radical (unpaired) electrons. The molecule has 1 N–H and O–H groups in total. The van der Waals surface area contributed by atoms with Crippen molar-refractivity contribution in [2.75, 3.05) is 31.1 Å². The fourth-order valence-electron chi connectivity index (χ4n) is 4.38. The highest BCUT2D eigenvalue weighted by atomic mass is 19.1. The molecule has 3 heterocycles. The van der Waals surface area contributed by atoms with E-state index in [2.05, 4.69) is 19.8 Å². The smallest absolute Gasteiger partial charge is 0.146 e. The molecule has 1 aliphatic rings. The summed E-state index contributed by atoms with van der Waals surface area (Å²) < 4.78 is 14.3. The minimum absolute atomic E-state index is 0.185. The van der Waals surface area contributed by atoms with Gasteiger partial charge in [0.15, 0.2) is 0 Å². The number of phenolic OH excluding ortho intramolecular Hbond substituents is 1. The summed E-state index contributed by atoms with van der Waals surface area (Å²) in [6.07, 6.45) is 3.46. The molecule has 0 saturated carbocycles. The highest BCUT2D eigenvalue weighted by Gasteiger charge is 2.30. The zero-order chi connectivity index (χ0) is 21.2. The number of benzene rings is 2. The van der Waals surface area contributed by atoms with Crippen LogP contribution in [0.3, 0.4) is 0 Å². The monoisotopic (exact) mass is 414 g/mol. The van der Waals surface area contributed by atoms with E-state index >= 15 is 0 Å². The third kappa shape index (κ3) is 3.70. The minimum Gasteiger partial charge on any atom is -0.505 e. The molecule has 5 rings (SSSR count). The predicted molar refractivity (Wildman–Crippen MR) is 120 cm³/mol. The average Bonchev–Trinajstić information content (AvgIpc) is 2.82. The SMILES string of the molecule is Oc1c(C(c2ccccn2)N2CCN(c3ccccc3F)CC2)ccc2cccnc12. The Labute approximate surface area is 180 Å². The highest BCUT2D eigenvalue weighted by molar-refractivity contribution is 5.85. The molecule has 1 unspecified atom stereocenters. The number of nitrogens with zero attached hydrogens (tertiary/aromatic N) is 4. The largest absolute Gasteiger partial charge is 0.505 e. The third-order valence-electron chi connectivity index (χ3n) is 5.91. The molecular weight excluding hydrogens is 391 g/mol. The lowest BCUT2D eigenvalue weighted by Crippen LogP contribution is -2.48. The number of rotatable bonds is 4. The molecule has 0 bridgehead atoms. The van der Waals surface area contributed by atoms with E-state index in [-0.39, 0.29) is 17.6 Å². The Morgan fingerprint density at radius 3 is 2.35 bits per heavy atom. The summed E-state index contributed by atoms with van der Waals surface area (Å²) in [5.74, 6) is -0.0132. The maximum absolute atomic E-state index is 14.3. The van der Waals surface area contributed by atoms with Crippen LogP contribution in [-0.2, 0) is 0 Å². The fourth-order valence-corrected chi connectivity index (χ4v) is 4.38. The lowest BCUT2D eigenvalue weighted by atomic mass is 9.97. The van der Waals surface area contributed by atoms with E-state index in [4.69, 9.17) is 0 Å². The zero-order valence-corrected chi connectivity index (χ0v) is 17.0. The van der Waals surface area contributed by atoms with Crippen LogP contribution in [0.5, 0.6) is 5.75 Å². The molecular formula is C25H23FN4O. The van der Waals surface area contributed by atoms with E-state index in [1.807, 2.05) is 54.6 Å². The van der Waals surface area contributed by atoms with Crippen molar-refractivity contribution in [1.82, 2.24) is 14.9 Å². The van der Waals surface area contributed by atoms with E-state index in [0.717, 1.165) is 29.7 Å². The molecule has 0 amide bonds. The molecule has 1 saturated heterocycles. The lowest BCUT2D eigenvalue weighted by Gasteiger charge is -2.40. The first-order valence-electron chi connectivity index (χ1n) is 10.4. The van der Waals surface area contributed by atoms with Gasteiger partial charge in [-0.3, -0.25) is 14.9 Å². The van der Waals surface area contributed by atoms with Crippen LogP contribution in [0.1, 0.15) is 17.3 Å². The minimum atomic E-state index is -0.213. The maximum Gasteiger partial charge on any atom is 0.146 e. The quantitative estimate of drug-likeness (QED) is 0.537. The third-order valence-corrected chi connectivity index (χ3v) is 5.91. The van der Waals surface area contributed by atoms with E-state index in [1.54, 1.807) is 18.5 Å². The molecule has 156 valence electrons. The molecule has 5 nitrogen and oxygen atoms in total. The van der Waals surface area contributed by atoms with E-state index in [0.29, 0.717) is 24.3 Å². The Hall–Kier alpha value is -3.51. The number of aromatic nitrogens is 2. The highest BCUT2D eigenvalue weighted by Crippen LogP contribution is 2.37. The van der Waals surface area contributed by atoms with Gasteiger partial charge in [-0.15, -0.1) is 0 Å². The summed E-state index contributed by atoms with van der Waals surface area (Å²) in [7, 11) is 0. The van der Waals surface area contributed by atoms with E-state index < -0.39 is 0 Å². The van der Waals surface area contributed by atoms with Crippen LogP contribution in [0.2, 0.25) is 0 Å². The van der Waals surface area contributed by atoms with Gasteiger partial charge in [-0.2, -0.15) is 0 Å². The first kappa shape index (κ1) is 19.5. The number of pyridine rings is 2. The van der Waals surface area contributed by atoms with Crippen LogP contribution in [0.25, 0.3) is 10.9 Å². The number of halogens is 1. The normalized spacial score (nSPS) is 15.8. The molecule has 2 aromatic heterocycles. The molecule has 2 aromatic carbocycles. The van der Waals surface area contributed by atoms with Crippen LogP contribution < -0.4 is 4.90 Å². The molecule has 1 atom stereocenters. The summed E-state index contributed by atoms with van der Waals surface area (Å²) in [5, 5.41) is 12.0. The van der Waals surface area contributed by atoms with Crippen molar-refractivity contribution in [2.45, 2.75) is 6.04 Å². The molecule has 4 aromatic rings. The van der Waals surface area contributed by atoms with Crippen molar-refractivity contribution in [1.29, 1.82) is 0 Å². The summed E-state index contributed by atoms with van der Waals surface area (Å²) in [5.41, 5.74) is 2.87. The molecule has 31 heavy (non-hydrogen) atoms. The number of para-hydroxylation sites is 1. The van der Waals surface area contributed by atoms with Crippen molar-refractivity contribution in [3.63, 3.8) is 0 Å². The Balaban J connectivity index is 1.49. The van der Waals surface area contributed by atoms with Gasteiger partial charge in [0.1, 0.15) is 17.1 Å². The summed E-state index contributed by atoms with van der Waals surface area (Å²) in [4.78, 5) is 13.3. The van der Waals surface area contributed by atoms with Gasteiger partial charge in [-0.1, -0.05) is 36.4 Å². The van der Waals surface area contributed by atoms with Gasteiger partial charge in [0.2, 0.25) is 0 Å². The van der Waals surface area contributed by atoms with Crippen molar-refractivity contribution < 1.29 is 9.50 Å².